The summed E-state index contributed by atoms with van der Waals surface area (Å²) >= 11 is 0. The summed E-state index contributed by atoms with van der Waals surface area (Å²) in [7, 11) is 1.64. The number of imidazole rings is 1. The van der Waals surface area contributed by atoms with Crippen molar-refractivity contribution in [3.63, 3.8) is 0 Å². The zero-order valence-electron chi connectivity index (χ0n) is 19.8. The number of methoxy groups -OCH3 is 1. The molecule has 0 saturated heterocycles. The van der Waals surface area contributed by atoms with Gasteiger partial charge < -0.3 is 14.9 Å². The first-order chi connectivity index (χ1) is 17.0. The molecule has 0 bridgehead atoms. The van der Waals surface area contributed by atoms with Crippen molar-refractivity contribution in [2.45, 2.75) is 13.8 Å². The van der Waals surface area contributed by atoms with Gasteiger partial charge in [0, 0.05) is 17.5 Å². The highest BCUT2D eigenvalue weighted by Crippen LogP contribution is 2.37. The number of anilines is 1. The Hall–Kier alpha value is -4.65. The molecule has 35 heavy (non-hydrogen) atoms. The van der Waals surface area contributed by atoms with Crippen molar-refractivity contribution in [3.8, 4) is 34.3 Å². The minimum absolute atomic E-state index is 0.187. The van der Waals surface area contributed by atoms with E-state index >= 15 is 0 Å². The predicted octanol–water partition coefficient (Wildman–Crippen LogP) is 6.15. The average molecular weight is 464 g/mol. The van der Waals surface area contributed by atoms with Crippen LogP contribution in [0.2, 0.25) is 0 Å². The molecule has 7 nitrogen and oxygen atoms in total. The van der Waals surface area contributed by atoms with Gasteiger partial charge in [-0.25, -0.2) is 15.0 Å². The number of hydrogen-bond acceptors (Lipinski definition) is 6. The van der Waals surface area contributed by atoms with Gasteiger partial charge in [-0.05, 0) is 55.8 Å². The van der Waals surface area contributed by atoms with Crippen molar-refractivity contribution in [3.05, 3.63) is 95.8 Å². The average Bonchev–Trinajstić information content (AvgIpc) is 3.47. The summed E-state index contributed by atoms with van der Waals surface area (Å²) in [6.45, 7) is 4.08. The molecule has 0 amide bonds. The molecule has 0 aliphatic heterocycles. The van der Waals surface area contributed by atoms with Gasteiger partial charge >= 0.3 is 0 Å². The fourth-order valence-electron chi connectivity index (χ4n) is 3.67. The Morgan fingerprint density at radius 2 is 1.54 bits per heavy atom. The van der Waals surface area contributed by atoms with Crippen molar-refractivity contribution in [2.75, 3.05) is 12.8 Å². The highest BCUT2D eigenvalue weighted by Gasteiger charge is 2.22. The Bertz CT molecular complexity index is 1480. The molecule has 0 atom stereocenters. The highest BCUT2D eigenvalue weighted by molar-refractivity contribution is 5.85. The normalized spacial score (nSPS) is 11.3. The molecule has 3 aromatic carbocycles. The third kappa shape index (κ3) is 4.56. The molecule has 5 aromatic rings. The topological polar surface area (TPSA) is 91.5 Å². The van der Waals surface area contributed by atoms with Crippen molar-refractivity contribution < 1.29 is 9.15 Å². The van der Waals surface area contributed by atoms with Gasteiger partial charge in [-0.2, -0.15) is 0 Å². The van der Waals surface area contributed by atoms with E-state index in [0.717, 1.165) is 28.1 Å². The lowest BCUT2D eigenvalue weighted by Gasteiger charge is -2.07. The summed E-state index contributed by atoms with van der Waals surface area (Å²) in [6, 6.07) is 23.7. The van der Waals surface area contributed by atoms with Crippen LogP contribution in [0.5, 0.6) is 5.75 Å². The molecule has 2 aromatic heterocycles. The van der Waals surface area contributed by atoms with Gasteiger partial charge in [0.15, 0.2) is 11.5 Å². The summed E-state index contributed by atoms with van der Waals surface area (Å²) in [5, 5.41) is 0. The molecule has 5 rings (SSSR count). The first-order valence-corrected chi connectivity index (χ1v) is 11.2. The third-order valence-electron chi connectivity index (χ3n) is 5.68. The zero-order valence-corrected chi connectivity index (χ0v) is 19.8. The number of benzene rings is 3. The van der Waals surface area contributed by atoms with Crippen LogP contribution in [0.15, 0.2) is 88.5 Å². The van der Waals surface area contributed by atoms with E-state index in [9.17, 15) is 0 Å². The van der Waals surface area contributed by atoms with Crippen LogP contribution >= 0.6 is 0 Å². The first-order valence-electron chi connectivity index (χ1n) is 11.2. The van der Waals surface area contributed by atoms with Crippen LogP contribution in [-0.2, 0) is 0 Å². The lowest BCUT2D eigenvalue weighted by Crippen LogP contribution is -1.94. The Morgan fingerprint density at radius 1 is 0.886 bits per heavy atom. The summed E-state index contributed by atoms with van der Waals surface area (Å²) in [4.78, 5) is 14.1. The number of ether oxygens (including phenoxy) is 1. The van der Waals surface area contributed by atoms with Gasteiger partial charge in [0.2, 0.25) is 11.8 Å². The number of nitrogen functional groups attached to an aromatic ring is 1. The fraction of sp³-hybridized carbons (Fsp3) is 0.107. The number of rotatable bonds is 6. The van der Waals surface area contributed by atoms with Crippen LogP contribution in [0.25, 0.3) is 28.5 Å². The van der Waals surface area contributed by atoms with E-state index in [2.05, 4.69) is 16.9 Å². The lowest BCUT2D eigenvalue weighted by atomic mass is 10.1. The number of nitrogens with two attached hydrogens (primary N) is 1. The molecule has 0 radical (unpaired) electrons. The van der Waals surface area contributed by atoms with E-state index < -0.39 is 0 Å². The molecular weight excluding hydrogens is 438 g/mol. The number of aliphatic imine (C=N–C) groups is 1. The van der Waals surface area contributed by atoms with Gasteiger partial charge in [0.25, 0.3) is 0 Å². The number of oxazole rings is 1. The number of hydrogen-bond donors (Lipinski definition) is 1. The molecule has 0 fully saturated rings. The van der Waals surface area contributed by atoms with E-state index in [-0.39, 0.29) is 5.88 Å². The summed E-state index contributed by atoms with van der Waals surface area (Å²) in [5.41, 5.74) is 12.3. The predicted molar refractivity (Wildman–Crippen MR) is 139 cm³/mol. The summed E-state index contributed by atoms with van der Waals surface area (Å²) in [5.74, 6) is 1.98. The van der Waals surface area contributed by atoms with Crippen molar-refractivity contribution in [1.29, 1.82) is 0 Å². The largest absolute Gasteiger partial charge is 0.497 e. The van der Waals surface area contributed by atoms with Gasteiger partial charge in [0.1, 0.15) is 17.8 Å². The highest BCUT2D eigenvalue weighted by atomic mass is 16.5. The van der Waals surface area contributed by atoms with E-state index in [4.69, 9.17) is 19.9 Å². The smallest absolute Gasteiger partial charge is 0.229 e. The van der Waals surface area contributed by atoms with Gasteiger partial charge in [-0.15, -0.1) is 0 Å². The lowest BCUT2D eigenvalue weighted by molar-refractivity contribution is 0.415. The van der Waals surface area contributed by atoms with E-state index in [0.29, 0.717) is 23.1 Å². The maximum Gasteiger partial charge on any atom is 0.229 e. The minimum Gasteiger partial charge on any atom is -0.497 e. The van der Waals surface area contributed by atoms with Gasteiger partial charge in [-0.1, -0.05) is 47.5 Å². The van der Waals surface area contributed by atoms with Crippen LogP contribution < -0.4 is 10.5 Å². The van der Waals surface area contributed by atoms with Gasteiger partial charge in [-0.3, -0.25) is 4.57 Å². The third-order valence-corrected chi connectivity index (χ3v) is 5.68. The monoisotopic (exact) mass is 463 g/mol. The van der Waals surface area contributed by atoms with Gasteiger partial charge in [0.05, 0.1) is 7.11 Å². The van der Waals surface area contributed by atoms with E-state index in [1.807, 2.05) is 84.3 Å². The Balaban J connectivity index is 1.61. The Morgan fingerprint density at radius 3 is 2.20 bits per heavy atom. The van der Waals surface area contributed by atoms with Crippen LogP contribution in [0.1, 0.15) is 16.7 Å². The molecule has 0 saturated carbocycles. The number of aromatic nitrogens is 3. The number of aryl methyl sites for hydroxylation is 2. The van der Waals surface area contributed by atoms with E-state index in [1.165, 1.54) is 5.56 Å². The minimum atomic E-state index is 0.187. The summed E-state index contributed by atoms with van der Waals surface area (Å²) < 4.78 is 13.0. The molecular formula is C28H25N5O2. The second kappa shape index (κ2) is 9.30. The van der Waals surface area contributed by atoms with Crippen molar-refractivity contribution in [1.82, 2.24) is 14.5 Å². The van der Waals surface area contributed by atoms with Crippen molar-refractivity contribution in [2.24, 2.45) is 4.99 Å². The van der Waals surface area contributed by atoms with Crippen LogP contribution in [0.3, 0.4) is 0 Å². The van der Waals surface area contributed by atoms with Crippen LogP contribution in [0, 0.1) is 13.8 Å². The Labute approximate surface area is 203 Å². The van der Waals surface area contributed by atoms with Crippen molar-refractivity contribution >= 4 is 17.9 Å². The summed E-state index contributed by atoms with van der Waals surface area (Å²) in [6.07, 6.45) is 3.51. The first kappa shape index (κ1) is 22.2. The quantitative estimate of drug-likeness (QED) is 0.305. The maximum absolute atomic E-state index is 6.27. The molecule has 0 unspecified atom stereocenters. The SMILES string of the molecule is COc1ccc(-n2cnc(-c3nc(-c4ccc(C)cc4)oc3N)c2/N=C/c2ccc(C)cc2)cc1. The standard InChI is InChI=1S/C28H25N5O2/c1-18-4-8-20(9-5-18)16-30-27-25(31-17-33(27)22-12-14-23(34-3)15-13-22)24-26(29)35-28(32-24)21-10-6-19(2)7-11-21/h4-17H,29H2,1-3H3/b30-16+. The molecule has 7 heteroatoms. The zero-order chi connectivity index (χ0) is 24.4. The molecule has 2 heterocycles. The second-order valence-corrected chi connectivity index (χ2v) is 8.25. The van der Waals surface area contributed by atoms with E-state index in [1.54, 1.807) is 19.7 Å². The maximum atomic E-state index is 6.27. The van der Waals surface area contributed by atoms with Crippen LogP contribution in [0.4, 0.5) is 11.7 Å². The molecule has 174 valence electrons. The molecule has 0 aliphatic carbocycles. The molecule has 0 spiro atoms. The van der Waals surface area contributed by atoms with Crippen LogP contribution in [-0.4, -0.2) is 27.9 Å². The number of nitrogens with zero attached hydrogens (tertiary/aromatic N) is 4. The fourth-order valence-corrected chi connectivity index (χ4v) is 3.67. The molecule has 2 N–H and O–H groups in total. The second-order valence-electron chi connectivity index (χ2n) is 8.25. The Kier molecular flexibility index (Phi) is 5.89. The molecule has 0 aliphatic rings.